The Kier molecular flexibility index (Phi) is 8.40. The smallest absolute Gasteiger partial charge is 0.261 e. The van der Waals surface area contributed by atoms with E-state index in [1.807, 2.05) is 38.1 Å². The van der Waals surface area contributed by atoms with E-state index in [0.717, 1.165) is 5.56 Å². The molecule has 3 rings (SSSR count). The van der Waals surface area contributed by atoms with Gasteiger partial charge in [0, 0.05) is 26.1 Å². The van der Waals surface area contributed by atoms with E-state index >= 15 is 0 Å². The number of nitrogens with one attached hydrogen (secondary N) is 1. The van der Waals surface area contributed by atoms with E-state index in [1.54, 1.807) is 36.3 Å². The van der Waals surface area contributed by atoms with E-state index in [0.29, 0.717) is 36.3 Å². The highest BCUT2D eigenvalue weighted by Gasteiger charge is 2.35. The zero-order chi connectivity index (χ0) is 24.7. The molecule has 8 heteroatoms. The molecule has 0 saturated heterocycles. The normalized spacial score (nSPS) is 13.4. The first-order valence-corrected chi connectivity index (χ1v) is 11.6. The number of carbonyl (C=O) groups is 4. The van der Waals surface area contributed by atoms with Crippen LogP contribution in [-0.4, -0.2) is 59.7 Å². The average Bonchev–Trinajstić information content (AvgIpc) is 3.09. The summed E-state index contributed by atoms with van der Waals surface area (Å²) in [6.45, 7) is 4.59. The highest BCUT2D eigenvalue weighted by atomic mass is 16.5. The predicted molar refractivity (Wildman–Crippen MR) is 127 cm³/mol. The summed E-state index contributed by atoms with van der Waals surface area (Å²) in [6, 6.07) is 13.4. The lowest BCUT2D eigenvalue weighted by Crippen LogP contribution is -2.49. The van der Waals surface area contributed by atoms with Crippen LogP contribution in [0, 0.1) is 0 Å². The van der Waals surface area contributed by atoms with Crippen LogP contribution in [0.1, 0.15) is 59.4 Å². The molecule has 2 aromatic carbocycles. The van der Waals surface area contributed by atoms with Crippen LogP contribution >= 0.6 is 0 Å². The maximum atomic E-state index is 13.3. The van der Waals surface area contributed by atoms with Gasteiger partial charge < -0.3 is 15.0 Å². The molecule has 1 aliphatic rings. The highest BCUT2D eigenvalue weighted by molar-refractivity contribution is 6.21. The Morgan fingerprint density at radius 3 is 2.15 bits per heavy atom. The lowest BCUT2D eigenvalue weighted by atomic mass is 10.1. The number of fused-ring (bicyclic) bond motifs is 1. The molecule has 4 amide bonds. The van der Waals surface area contributed by atoms with Gasteiger partial charge in [-0.3, -0.25) is 24.1 Å². The fraction of sp³-hybridized carbons (Fsp3) is 0.385. The molecule has 1 aliphatic heterocycles. The molecule has 34 heavy (non-hydrogen) atoms. The number of benzene rings is 2. The number of imide groups is 1. The molecule has 0 saturated carbocycles. The van der Waals surface area contributed by atoms with Crippen LogP contribution < -0.4 is 10.1 Å². The summed E-state index contributed by atoms with van der Waals surface area (Å²) in [4.78, 5) is 53.9. The number of hydrogen-bond acceptors (Lipinski definition) is 5. The summed E-state index contributed by atoms with van der Waals surface area (Å²) in [7, 11) is 1.58. The van der Waals surface area contributed by atoms with Gasteiger partial charge in [-0.05, 0) is 49.6 Å². The Labute approximate surface area is 199 Å². The number of likely N-dealkylation sites (N-methyl/N-ethyl adjacent to an activating group) is 1. The third-order valence-corrected chi connectivity index (χ3v) is 5.90. The number of rotatable bonds is 11. The van der Waals surface area contributed by atoms with Crippen molar-refractivity contribution in [1.29, 1.82) is 0 Å². The monoisotopic (exact) mass is 465 g/mol. The Hall–Kier alpha value is -3.68. The molecule has 180 valence electrons. The van der Waals surface area contributed by atoms with E-state index in [9.17, 15) is 19.2 Å². The summed E-state index contributed by atoms with van der Waals surface area (Å²) >= 11 is 0. The summed E-state index contributed by atoms with van der Waals surface area (Å²) < 4.78 is 5.20. The SMILES string of the molecule is CCNC(=O)[C@@H](CC)N(Cc1ccc(OC)cc1)C(=O)CCCN1C(=O)c2ccccc2C1=O. The van der Waals surface area contributed by atoms with Crippen molar-refractivity contribution in [1.82, 2.24) is 15.1 Å². The van der Waals surface area contributed by atoms with Gasteiger partial charge in [0.05, 0.1) is 18.2 Å². The molecule has 0 spiro atoms. The molecule has 0 aliphatic carbocycles. The summed E-state index contributed by atoms with van der Waals surface area (Å²) in [5, 5.41) is 2.81. The second kappa shape index (κ2) is 11.4. The molecular weight excluding hydrogens is 434 g/mol. The van der Waals surface area contributed by atoms with Gasteiger partial charge in [-0.2, -0.15) is 0 Å². The molecule has 0 fully saturated rings. The van der Waals surface area contributed by atoms with Gasteiger partial charge in [0.25, 0.3) is 11.8 Å². The van der Waals surface area contributed by atoms with Crippen LogP contribution in [0.2, 0.25) is 0 Å². The third-order valence-electron chi connectivity index (χ3n) is 5.90. The van der Waals surface area contributed by atoms with Crippen molar-refractivity contribution >= 4 is 23.6 Å². The molecule has 0 unspecified atom stereocenters. The maximum absolute atomic E-state index is 13.3. The summed E-state index contributed by atoms with van der Waals surface area (Å²) in [5.41, 5.74) is 1.65. The quantitative estimate of drug-likeness (QED) is 0.515. The van der Waals surface area contributed by atoms with Crippen LogP contribution in [0.15, 0.2) is 48.5 Å². The molecule has 8 nitrogen and oxygen atoms in total. The fourth-order valence-corrected chi connectivity index (χ4v) is 4.11. The highest BCUT2D eigenvalue weighted by Crippen LogP contribution is 2.23. The summed E-state index contributed by atoms with van der Waals surface area (Å²) in [5.74, 6) is -0.370. The van der Waals surface area contributed by atoms with Crippen LogP contribution in [0.5, 0.6) is 5.75 Å². The molecule has 1 heterocycles. The standard InChI is InChI=1S/C26H31N3O5/c1-4-22(24(31)27-5-2)29(17-18-12-14-19(34-3)15-13-18)23(30)11-8-16-28-25(32)20-9-6-7-10-21(20)26(28)33/h6-7,9-10,12-15,22H,4-5,8,11,16-17H2,1-3H3,(H,27,31)/t22-/m1/s1. The fourth-order valence-electron chi connectivity index (χ4n) is 4.11. The van der Waals surface area contributed by atoms with Gasteiger partial charge in [-0.15, -0.1) is 0 Å². The number of methoxy groups -OCH3 is 1. The van der Waals surface area contributed by atoms with Crippen molar-refractivity contribution in [2.75, 3.05) is 20.2 Å². The number of amides is 4. The van der Waals surface area contributed by atoms with E-state index < -0.39 is 6.04 Å². The van der Waals surface area contributed by atoms with Crippen molar-refractivity contribution in [2.24, 2.45) is 0 Å². The molecule has 1 atom stereocenters. The number of hydrogen-bond donors (Lipinski definition) is 1. The minimum atomic E-state index is -0.617. The van der Waals surface area contributed by atoms with E-state index in [-0.39, 0.29) is 43.1 Å². The third kappa shape index (κ3) is 5.44. The van der Waals surface area contributed by atoms with E-state index in [1.165, 1.54) is 4.90 Å². The van der Waals surface area contributed by atoms with Crippen LogP contribution in [0.25, 0.3) is 0 Å². The van der Waals surface area contributed by atoms with Gasteiger partial charge in [0.2, 0.25) is 11.8 Å². The Morgan fingerprint density at radius 1 is 1.00 bits per heavy atom. The lowest BCUT2D eigenvalue weighted by molar-refractivity contribution is -0.141. The van der Waals surface area contributed by atoms with E-state index in [4.69, 9.17) is 4.74 Å². The minimum absolute atomic E-state index is 0.111. The van der Waals surface area contributed by atoms with Crippen LogP contribution in [0.3, 0.4) is 0 Å². The van der Waals surface area contributed by atoms with Crippen molar-refractivity contribution in [2.45, 2.75) is 45.7 Å². The lowest BCUT2D eigenvalue weighted by Gasteiger charge is -2.31. The van der Waals surface area contributed by atoms with Crippen molar-refractivity contribution < 1.29 is 23.9 Å². The zero-order valence-electron chi connectivity index (χ0n) is 19.9. The van der Waals surface area contributed by atoms with Gasteiger partial charge >= 0.3 is 0 Å². The van der Waals surface area contributed by atoms with Gasteiger partial charge in [-0.25, -0.2) is 0 Å². The minimum Gasteiger partial charge on any atom is -0.497 e. The molecule has 0 bridgehead atoms. The Morgan fingerprint density at radius 2 is 1.62 bits per heavy atom. The predicted octanol–water partition coefficient (Wildman–Crippen LogP) is 3.01. The number of nitrogens with zero attached hydrogens (tertiary/aromatic N) is 2. The number of carbonyl (C=O) groups excluding carboxylic acids is 4. The first-order valence-electron chi connectivity index (χ1n) is 11.6. The van der Waals surface area contributed by atoms with Gasteiger partial charge in [0.1, 0.15) is 11.8 Å². The van der Waals surface area contributed by atoms with Gasteiger partial charge in [-0.1, -0.05) is 31.2 Å². The molecule has 1 N–H and O–H groups in total. The molecular formula is C26H31N3O5. The molecule has 0 aromatic heterocycles. The maximum Gasteiger partial charge on any atom is 0.261 e. The van der Waals surface area contributed by atoms with Crippen molar-refractivity contribution in [3.05, 3.63) is 65.2 Å². The van der Waals surface area contributed by atoms with E-state index in [2.05, 4.69) is 5.32 Å². The van der Waals surface area contributed by atoms with Crippen LogP contribution in [-0.2, 0) is 16.1 Å². The van der Waals surface area contributed by atoms with Gasteiger partial charge in [0.15, 0.2) is 0 Å². The Bertz CT molecular complexity index is 1020. The second-order valence-corrected chi connectivity index (χ2v) is 8.10. The Balaban J connectivity index is 1.69. The number of ether oxygens (including phenoxy) is 1. The first kappa shape index (κ1) is 25.0. The first-order chi connectivity index (χ1) is 16.4. The topological polar surface area (TPSA) is 96.0 Å². The van der Waals surface area contributed by atoms with Crippen molar-refractivity contribution in [3.63, 3.8) is 0 Å². The second-order valence-electron chi connectivity index (χ2n) is 8.10. The largest absolute Gasteiger partial charge is 0.497 e. The molecule has 2 aromatic rings. The van der Waals surface area contributed by atoms with Crippen molar-refractivity contribution in [3.8, 4) is 5.75 Å². The average molecular weight is 466 g/mol. The zero-order valence-corrected chi connectivity index (χ0v) is 19.9. The summed E-state index contributed by atoms with van der Waals surface area (Å²) in [6.07, 6.45) is 0.890. The van der Waals surface area contributed by atoms with Crippen LogP contribution in [0.4, 0.5) is 0 Å². The molecule has 0 radical (unpaired) electrons.